The Balaban J connectivity index is 1.56. The fourth-order valence-electron chi connectivity index (χ4n) is 6.06. The molecule has 0 aromatic carbocycles. The number of nitrogens with one attached hydrogen (secondary N) is 2. The van der Waals surface area contributed by atoms with E-state index in [1.165, 1.54) is 0 Å². The number of likely N-dealkylation sites (tertiary alicyclic amines) is 1. The van der Waals surface area contributed by atoms with Crippen LogP contribution in [-0.2, 0) is 28.7 Å². The van der Waals surface area contributed by atoms with Gasteiger partial charge in [-0.1, -0.05) is 49.9 Å². The van der Waals surface area contributed by atoms with Crippen molar-refractivity contribution in [2.75, 3.05) is 6.61 Å². The molecule has 0 aromatic rings. The van der Waals surface area contributed by atoms with Crippen molar-refractivity contribution in [1.29, 1.82) is 0 Å². The van der Waals surface area contributed by atoms with Crippen LogP contribution in [0.25, 0.3) is 0 Å². The molecule has 0 radical (unpaired) electrons. The van der Waals surface area contributed by atoms with Crippen LogP contribution in [-0.4, -0.2) is 65.7 Å². The van der Waals surface area contributed by atoms with Gasteiger partial charge in [0.05, 0.1) is 6.42 Å². The van der Waals surface area contributed by atoms with Crippen LogP contribution in [0.2, 0.25) is 0 Å². The summed E-state index contributed by atoms with van der Waals surface area (Å²) < 4.78 is 12.4. The van der Waals surface area contributed by atoms with Gasteiger partial charge in [0.15, 0.2) is 0 Å². The van der Waals surface area contributed by atoms with Crippen molar-refractivity contribution in [2.45, 2.75) is 77.4 Å². The first-order valence-corrected chi connectivity index (χ1v) is 13.4. The van der Waals surface area contributed by atoms with E-state index in [9.17, 15) is 19.2 Å². The number of carbonyl (C=O) groups excluding carboxylic acids is 4. The van der Waals surface area contributed by atoms with Gasteiger partial charge < -0.3 is 25.0 Å². The van der Waals surface area contributed by atoms with Gasteiger partial charge in [0.2, 0.25) is 18.1 Å². The molecular weight excluding hydrogens is 565 g/mol. The minimum atomic E-state index is -0.827. The van der Waals surface area contributed by atoms with Gasteiger partial charge in [-0.25, -0.2) is 0 Å². The highest BCUT2D eigenvalue weighted by Gasteiger charge is 2.72. The van der Waals surface area contributed by atoms with Crippen LogP contribution in [0.15, 0.2) is 22.3 Å². The summed E-state index contributed by atoms with van der Waals surface area (Å²) in [5.41, 5.74) is -0.325. The number of rotatable bonds is 8. The summed E-state index contributed by atoms with van der Waals surface area (Å²) in [7, 11) is 0. The molecule has 4 rings (SSSR count). The summed E-state index contributed by atoms with van der Waals surface area (Å²) in [6, 6.07) is -2.05. The highest BCUT2D eigenvalue weighted by molar-refractivity contribution is 14.1. The number of fused-ring (bicyclic) bond motifs is 1. The van der Waals surface area contributed by atoms with E-state index in [0.29, 0.717) is 18.4 Å². The summed E-state index contributed by atoms with van der Waals surface area (Å²) in [6.45, 7) is 11.6. The predicted molar refractivity (Wildman–Crippen MR) is 136 cm³/mol. The zero-order valence-corrected chi connectivity index (χ0v) is 22.7. The topological polar surface area (TPSA) is 114 Å². The molecule has 10 heteroatoms. The maximum atomic E-state index is 14.0. The lowest BCUT2D eigenvalue weighted by Crippen LogP contribution is -2.60. The van der Waals surface area contributed by atoms with E-state index < -0.39 is 41.7 Å². The van der Waals surface area contributed by atoms with E-state index in [1.54, 1.807) is 22.0 Å². The summed E-state index contributed by atoms with van der Waals surface area (Å²) in [4.78, 5) is 53.9. The van der Waals surface area contributed by atoms with Crippen LogP contribution in [0.1, 0.15) is 47.0 Å². The lowest BCUT2D eigenvalue weighted by Gasteiger charge is -2.37. The van der Waals surface area contributed by atoms with Crippen LogP contribution in [0.3, 0.4) is 0 Å². The molecule has 0 spiro atoms. The number of piperidine rings is 1. The van der Waals surface area contributed by atoms with Gasteiger partial charge in [0, 0.05) is 18.2 Å². The number of halogens is 1. The third kappa shape index (κ3) is 4.87. The summed E-state index contributed by atoms with van der Waals surface area (Å²) in [5.74, 6) is -0.581. The van der Waals surface area contributed by atoms with Crippen LogP contribution < -0.4 is 10.6 Å². The Morgan fingerprint density at radius 1 is 1.29 bits per heavy atom. The zero-order valence-electron chi connectivity index (χ0n) is 20.6. The third-order valence-electron chi connectivity index (χ3n) is 7.63. The highest BCUT2D eigenvalue weighted by atomic mass is 127. The molecule has 2 saturated heterocycles. The van der Waals surface area contributed by atoms with Gasteiger partial charge in [-0.05, 0) is 53.1 Å². The molecule has 3 amide bonds. The third-order valence-corrected chi connectivity index (χ3v) is 7.99. The fraction of sp³-hybridized carbons (Fsp3) is 0.680. The van der Waals surface area contributed by atoms with E-state index in [4.69, 9.17) is 9.47 Å². The number of carbonyl (C=O) groups is 4. The van der Waals surface area contributed by atoms with Gasteiger partial charge in [-0.2, -0.15) is 0 Å². The van der Waals surface area contributed by atoms with Gasteiger partial charge in [-0.3, -0.25) is 19.2 Å². The first-order valence-electron chi connectivity index (χ1n) is 12.2. The zero-order chi connectivity index (χ0) is 25.7. The number of cyclic esters (lactones) is 1. The lowest BCUT2D eigenvalue weighted by atomic mass is 9.85. The number of nitrogens with zero attached hydrogens (tertiary/aromatic N) is 1. The van der Waals surface area contributed by atoms with Gasteiger partial charge in [-0.15, -0.1) is 0 Å². The molecule has 192 valence electrons. The quantitative estimate of drug-likeness (QED) is 0.191. The van der Waals surface area contributed by atoms with Gasteiger partial charge >= 0.3 is 5.97 Å². The van der Waals surface area contributed by atoms with Gasteiger partial charge in [0.25, 0.3) is 5.91 Å². The molecular formula is C25H34IN3O6. The molecule has 2 aliphatic carbocycles. The predicted octanol–water partition coefficient (Wildman–Crippen LogP) is 2.05. The molecule has 7 unspecified atom stereocenters. The van der Waals surface area contributed by atoms with Crippen molar-refractivity contribution in [1.82, 2.24) is 15.5 Å². The Hall–Kier alpha value is -1.95. The Morgan fingerprint density at radius 2 is 1.97 bits per heavy atom. The molecule has 4 fully saturated rings. The van der Waals surface area contributed by atoms with Crippen LogP contribution >= 0.6 is 22.6 Å². The van der Waals surface area contributed by atoms with Crippen LogP contribution in [0, 0.1) is 23.2 Å². The number of esters is 1. The number of amides is 3. The Bertz CT molecular complexity index is 959. The molecule has 2 aliphatic heterocycles. The first-order chi connectivity index (χ1) is 16.5. The summed E-state index contributed by atoms with van der Waals surface area (Å²) in [5, 5.41) is 5.80. The lowest BCUT2D eigenvalue weighted by molar-refractivity contribution is -0.165. The van der Waals surface area contributed by atoms with Crippen LogP contribution in [0.4, 0.5) is 0 Å². The maximum absolute atomic E-state index is 14.0. The van der Waals surface area contributed by atoms with E-state index in [-0.39, 0.29) is 35.8 Å². The highest BCUT2D eigenvalue weighted by Crippen LogP contribution is 2.65. The maximum Gasteiger partial charge on any atom is 0.310 e. The van der Waals surface area contributed by atoms with Crippen molar-refractivity contribution in [2.24, 2.45) is 23.2 Å². The standard InChI is InChI=1S/C25H34IN3O6/c1-6-34-24-15(11-16(30)35-24)27-22(32)19-14-8-7-13-17(14)18(13)29(19)23(33)20(25(3,4)5)28-21(31)12(2)9-10-26/h9-10,13-15,17-20,24H,2,6-8,11H2,1,3-5H3,(H,27,32)(H,28,31)/b10-9+/t13?,14-,15?,17?,18?,19?,20?,24?/m0/s1. The number of ether oxygens (including phenoxy) is 2. The Kier molecular flexibility index (Phi) is 7.34. The number of hydrogen-bond donors (Lipinski definition) is 2. The first kappa shape index (κ1) is 26.1. The largest absolute Gasteiger partial charge is 0.433 e. The molecule has 2 saturated carbocycles. The molecule has 8 atom stereocenters. The molecule has 2 N–H and O–H groups in total. The normalized spacial score (nSPS) is 33.9. The Morgan fingerprint density at radius 3 is 2.60 bits per heavy atom. The molecule has 9 nitrogen and oxygen atoms in total. The van der Waals surface area contributed by atoms with Crippen molar-refractivity contribution in [3.05, 3.63) is 22.3 Å². The molecule has 4 aliphatic rings. The second-order valence-corrected chi connectivity index (χ2v) is 11.6. The molecule has 35 heavy (non-hydrogen) atoms. The fourth-order valence-corrected chi connectivity index (χ4v) is 6.49. The number of hydrogen-bond acceptors (Lipinski definition) is 6. The smallest absolute Gasteiger partial charge is 0.310 e. The van der Waals surface area contributed by atoms with Crippen molar-refractivity contribution in [3.8, 4) is 0 Å². The van der Waals surface area contributed by atoms with Crippen molar-refractivity contribution in [3.63, 3.8) is 0 Å². The average Bonchev–Trinajstić information content (AvgIpc) is 3.00. The van der Waals surface area contributed by atoms with E-state index in [2.05, 4.69) is 17.2 Å². The van der Waals surface area contributed by atoms with E-state index >= 15 is 0 Å². The van der Waals surface area contributed by atoms with E-state index in [0.717, 1.165) is 12.8 Å². The molecule has 0 aromatic heterocycles. The van der Waals surface area contributed by atoms with Crippen molar-refractivity contribution >= 4 is 46.3 Å². The minimum absolute atomic E-state index is 0.0142. The molecule has 2 heterocycles. The van der Waals surface area contributed by atoms with E-state index in [1.807, 2.05) is 43.4 Å². The van der Waals surface area contributed by atoms with Crippen LogP contribution in [0.5, 0.6) is 0 Å². The Labute approximate surface area is 219 Å². The minimum Gasteiger partial charge on any atom is -0.433 e. The van der Waals surface area contributed by atoms with Gasteiger partial charge in [0.1, 0.15) is 18.1 Å². The SMILES string of the molecule is C=C(/C=C/I)C(=O)NC(C(=O)N1C2C3CC[C@@H](C32)C1C(=O)NC1CC(=O)OC1OCC)C(C)(C)C. The second-order valence-electron chi connectivity index (χ2n) is 10.9. The van der Waals surface area contributed by atoms with Crippen molar-refractivity contribution < 1.29 is 28.7 Å². The summed E-state index contributed by atoms with van der Waals surface area (Å²) in [6.07, 6.45) is 2.66. The monoisotopic (exact) mass is 599 g/mol. The molecule has 0 bridgehead atoms. The summed E-state index contributed by atoms with van der Waals surface area (Å²) >= 11 is 2.01. The average molecular weight is 599 g/mol. The second kappa shape index (κ2) is 9.84.